The van der Waals surface area contributed by atoms with Crippen molar-refractivity contribution < 1.29 is 14.3 Å². The first-order valence-corrected chi connectivity index (χ1v) is 6.46. The van der Waals surface area contributed by atoms with Gasteiger partial charge in [0.1, 0.15) is 6.79 Å². The maximum atomic E-state index is 11.8. The van der Waals surface area contributed by atoms with Gasteiger partial charge in [-0.25, -0.2) is 4.79 Å². The summed E-state index contributed by atoms with van der Waals surface area (Å²) < 4.78 is 10.4. The highest BCUT2D eigenvalue weighted by Crippen LogP contribution is 2.16. The molecule has 1 unspecified atom stereocenters. The van der Waals surface area contributed by atoms with Gasteiger partial charge < -0.3 is 20.1 Å². The Morgan fingerprint density at radius 1 is 1.42 bits per heavy atom. The lowest BCUT2D eigenvalue weighted by atomic mass is 10.1. The first-order chi connectivity index (χ1) is 9.15. The van der Waals surface area contributed by atoms with E-state index in [4.69, 9.17) is 9.47 Å². The van der Waals surface area contributed by atoms with E-state index < -0.39 is 0 Å². The number of anilines is 1. The smallest absolute Gasteiger partial charge is 0.319 e. The third-order valence-corrected chi connectivity index (χ3v) is 3.10. The van der Waals surface area contributed by atoms with Crippen molar-refractivity contribution in [3.8, 4) is 0 Å². The van der Waals surface area contributed by atoms with Gasteiger partial charge >= 0.3 is 6.03 Å². The van der Waals surface area contributed by atoms with Crippen LogP contribution in [-0.2, 0) is 9.47 Å². The summed E-state index contributed by atoms with van der Waals surface area (Å²) in [5, 5.41) is 5.67. The second-order valence-electron chi connectivity index (χ2n) is 4.76. The van der Waals surface area contributed by atoms with Crippen LogP contribution >= 0.6 is 0 Å². The average Bonchev–Trinajstić information content (AvgIpc) is 2.42. The highest BCUT2D eigenvalue weighted by Gasteiger charge is 2.15. The first kappa shape index (κ1) is 13.8. The molecular formula is C14H20N2O3. The zero-order valence-corrected chi connectivity index (χ0v) is 11.4. The Hall–Kier alpha value is -1.59. The fraction of sp³-hybridized carbons (Fsp3) is 0.500. The van der Waals surface area contributed by atoms with E-state index in [1.807, 2.05) is 32.0 Å². The van der Waals surface area contributed by atoms with Crippen LogP contribution in [0.5, 0.6) is 0 Å². The van der Waals surface area contributed by atoms with Crippen molar-refractivity contribution in [3.05, 3.63) is 29.3 Å². The summed E-state index contributed by atoms with van der Waals surface area (Å²) >= 11 is 0. The third-order valence-electron chi connectivity index (χ3n) is 3.10. The van der Waals surface area contributed by atoms with Gasteiger partial charge in [0, 0.05) is 12.2 Å². The molecule has 1 saturated heterocycles. The highest BCUT2D eigenvalue weighted by atomic mass is 16.7. The molecule has 0 bridgehead atoms. The van der Waals surface area contributed by atoms with Crippen LogP contribution < -0.4 is 10.6 Å². The fourth-order valence-corrected chi connectivity index (χ4v) is 1.91. The van der Waals surface area contributed by atoms with Crippen molar-refractivity contribution in [2.75, 3.05) is 25.3 Å². The monoisotopic (exact) mass is 264 g/mol. The minimum absolute atomic E-state index is 0.0399. The van der Waals surface area contributed by atoms with Gasteiger partial charge in [-0.15, -0.1) is 0 Å². The van der Waals surface area contributed by atoms with Gasteiger partial charge in [0.05, 0.1) is 12.7 Å². The van der Waals surface area contributed by atoms with Gasteiger partial charge in [0.15, 0.2) is 0 Å². The minimum Gasteiger partial charge on any atom is -0.355 e. The summed E-state index contributed by atoms with van der Waals surface area (Å²) in [6.07, 6.45) is 0.849. The number of nitrogens with one attached hydrogen (secondary N) is 2. The number of ether oxygens (including phenoxy) is 2. The van der Waals surface area contributed by atoms with E-state index in [9.17, 15) is 4.79 Å². The lowest BCUT2D eigenvalue weighted by molar-refractivity contribution is -0.136. The van der Waals surface area contributed by atoms with Crippen molar-refractivity contribution in [3.63, 3.8) is 0 Å². The number of benzene rings is 1. The van der Waals surface area contributed by atoms with Gasteiger partial charge in [-0.3, -0.25) is 0 Å². The fourth-order valence-electron chi connectivity index (χ4n) is 1.91. The van der Waals surface area contributed by atoms with Crippen LogP contribution in [0, 0.1) is 13.8 Å². The summed E-state index contributed by atoms with van der Waals surface area (Å²) in [4.78, 5) is 11.8. The predicted molar refractivity (Wildman–Crippen MR) is 73.2 cm³/mol. The summed E-state index contributed by atoms with van der Waals surface area (Å²) in [6, 6.07) is 5.77. The van der Waals surface area contributed by atoms with E-state index in [0.717, 1.165) is 23.2 Å². The molecule has 0 aromatic heterocycles. The van der Waals surface area contributed by atoms with Crippen LogP contribution in [0.2, 0.25) is 0 Å². The maximum absolute atomic E-state index is 11.8. The molecule has 5 heteroatoms. The number of carbonyl (C=O) groups excluding carboxylic acids is 1. The number of hydrogen-bond acceptors (Lipinski definition) is 3. The van der Waals surface area contributed by atoms with Crippen LogP contribution in [0.15, 0.2) is 18.2 Å². The van der Waals surface area contributed by atoms with Crippen molar-refractivity contribution in [2.45, 2.75) is 26.4 Å². The van der Waals surface area contributed by atoms with E-state index in [1.54, 1.807) is 0 Å². The number of hydrogen-bond donors (Lipinski definition) is 2. The van der Waals surface area contributed by atoms with Gasteiger partial charge in [-0.05, 0) is 37.5 Å². The lowest BCUT2D eigenvalue weighted by Crippen LogP contribution is -2.39. The number of rotatable bonds is 3. The number of aryl methyl sites for hydroxylation is 2. The third kappa shape index (κ3) is 4.22. The lowest BCUT2D eigenvalue weighted by Gasteiger charge is -2.23. The van der Waals surface area contributed by atoms with E-state index in [2.05, 4.69) is 10.6 Å². The molecule has 2 amide bonds. The Balaban J connectivity index is 1.81. The van der Waals surface area contributed by atoms with E-state index in [-0.39, 0.29) is 12.1 Å². The molecule has 1 aliphatic heterocycles. The summed E-state index contributed by atoms with van der Waals surface area (Å²) in [5.41, 5.74) is 3.00. The molecule has 0 radical (unpaired) electrons. The average molecular weight is 264 g/mol. The van der Waals surface area contributed by atoms with Crippen molar-refractivity contribution in [2.24, 2.45) is 0 Å². The molecule has 0 spiro atoms. The van der Waals surface area contributed by atoms with Gasteiger partial charge in [0.2, 0.25) is 0 Å². The number of carbonyl (C=O) groups is 1. The van der Waals surface area contributed by atoms with E-state index >= 15 is 0 Å². The van der Waals surface area contributed by atoms with Gasteiger partial charge in [0.25, 0.3) is 0 Å². The molecule has 0 saturated carbocycles. The second kappa shape index (κ2) is 6.54. The molecular weight excluding hydrogens is 244 g/mol. The van der Waals surface area contributed by atoms with Crippen LogP contribution in [0.1, 0.15) is 17.5 Å². The number of amides is 2. The SMILES string of the molecule is Cc1ccc(C)c(NC(=O)NCC2CCOCO2)c1. The van der Waals surface area contributed by atoms with Crippen LogP contribution in [0.25, 0.3) is 0 Å². The Morgan fingerprint density at radius 3 is 3.00 bits per heavy atom. The quantitative estimate of drug-likeness (QED) is 0.879. The molecule has 1 aliphatic rings. The Bertz CT molecular complexity index is 442. The van der Waals surface area contributed by atoms with Crippen molar-refractivity contribution in [1.82, 2.24) is 5.32 Å². The van der Waals surface area contributed by atoms with Gasteiger partial charge in [-0.1, -0.05) is 12.1 Å². The molecule has 1 aromatic rings. The largest absolute Gasteiger partial charge is 0.355 e. The molecule has 104 valence electrons. The zero-order chi connectivity index (χ0) is 13.7. The molecule has 19 heavy (non-hydrogen) atoms. The van der Waals surface area contributed by atoms with Crippen LogP contribution in [-0.4, -0.2) is 32.1 Å². The second-order valence-corrected chi connectivity index (χ2v) is 4.76. The summed E-state index contributed by atoms with van der Waals surface area (Å²) in [6.45, 7) is 5.46. The molecule has 0 aliphatic carbocycles. The van der Waals surface area contributed by atoms with E-state index in [0.29, 0.717) is 19.9 Å². The topological polar surface area (TPSA) is 59.6 Å². The molecule has 1 atom stereocenters. The van der Waals surface area contributed by atoms with Gasteiger partial charge in [-0.2, -0.15) is 0 Å². The normalized spacial score (nSPS) is 18.9. The molecule has 5 nitrogen and oxygen atoms in total. The Labute approximate surface area is 113 Å². The Kier molecular flexibility index (Phi) is 4.76. The molecule has 2 rings (SSSR count). The molecule has 1 heterocycles. The van der Waals surface area contributed by atoms with Crippen molar-refractivity contribution in [1.29, 1.82) is 0 Å². The summed E-state index contributed by atoms with van der Waals surface area (Å²) in [7, 11) is 0. The number of urea groups is 1. The zero-order valence-electron chi connectivity index (χ0n) is 11.4. The minimum atomic E-state index is -0.205. The predicted octanol–water partition coefficient (Wildman–Crippen LogP) is 2.19. The molecule has 1 aromatic carbocycles. The van der Waals surface area contributed by atoms with Crippen LogP contribution in [0.4, 0.5) is 10.5 Å². The maximum Gasteiger partial charge on any atom is 0.319 e. The summed E-state index contributed by atoms with van der Waals surface area (Å²) in [5.74, 6) is 0. The van der Waals surface area contributed by atoms with Crippen molar-refractivity contribution >= 4 is 11.7 Å². The first-order valence-electron chi connectivity index (χ1n) is 6.46. The molecule has 2 N–H and O–H groups in total. The Morgan fingerprint density at radius 2 is 2.26 bits per heavy atom. The molecule has 1 fully saturated rings. The van der Waals surface area contributed by atoms with E-state index in [1.165, 1.54) is 0 Å². The standard InChI is InChI=1S/C14H20N2O3/c1-10-3-4-11(2)13(7-10)16-14(17)15-8-12-5-6-18-9-19-12/h3-4,7,12H,5-6,8-9H2,1-2H3,(H2,15,16,17). The highest BCUT2D eigenvalue weighted by molar-refractivity contribution is 5.90. The van der Waals surface area contributed by atoms with Crippen LogP contribution in [0.3, 0.4) is 0 Å².